The number of ether oxygens (including phenoxy) is 1. The normalized spacial score (nSPS) is 17.4. The molecule has 0 saturated carbocycles. The minimum Gasteiger partial charge on any atom is -0.473 e. The van der Waals surface area contributed by atoms with Crippen LogP contribution < -0.4 is 4.74 Å². The fourth-order valence-electron chi connectivity index (χ4n) is 3.52. The number of benzene rings is 2. The standard InChI is InChI=1S/C21H22FNO4/c22-18-8-3-6-16(13-18)17-7-4-11-23(14-17)12-10-15-5-1-2-9-19(15)27-21(26)20(24)25/h1-3,5-6,8-9,13,17H,4,7,10-12,14H2,(H,24,25). The number of piperidine rings is 1. The maximum Gasteiger partial charge on any atom is 0.422 e. The minimum atomic E-state index is -1.61. The summed E-state index contributed by atoms with van der Waals surface area (Å²) in [6, 6.07) is 13.7. The lowest BCUT2D eigenvalue weighted by atomic mass is 9.90. The largest absolute Gasteiger partial charge is 0.473 e. The van der Waals surface area contributed by atoms with E-state index in [1.54, 1.807) is 24.3 Å². The lowest BCUT2D eigenvalue weighted by Crippen LogP contribution is -2.35. The third-order valence-electron chi connectivity index (χ3n) is 4.87. The molecule has 1 fully saturated rings. The fraction of sp³-hybridized carbons (Fsp3) is 0.333. The van der Waals surface area contributed by atoms with Gasteiger partial charge in [-0.15, -0.1) is 0 Å². The maximum atomic E-state index is 13.5. The molecule has 0 spiro atoms. The number of nitrogens with zero attached hydrogens (tertiary/aromatic N) is 1. The van der Waals surface area contributed by atoms with Crippen molar-refractivity contribution in [2.45, 2.75) is 25.2 Å². The molecular formula is C21H22FNO4. The Morgan fingerprint density at radius 2 is 2.00 bits per heavy atom. The molecule has 0 bridgehead atoms. The molecule has 3 rings (SSSR count). The van der Waals surface area contributed by atoms with Crippen LogP contribution in [0.2, 0.25) is 0 Å². The van der Waals surface area contributed by atoms with Gasteiger partial charge in [-0.2, -0.15) is 0 Å². The van der Waals surface area contributed by atoms with Crippen molar-refractivity contribution in [2.24, 2.45) is 0 Å². The molecule has 1 aliphatic rings. The van der Waals surface area contributed by atoms with Crippen molar-refractivity contribution in [1.29, 1.82) is 0 Å². The molecule has 0 amide bonds. The zero-order valence-corrected chi connectivity index (χ0v) is 14.9. The molecule has 2 aromatic rings. The summed E-state index contributed by atoms with van der Waals surface area (Å²) in [5.74, 6) is -2.53. The summed E-state index contributed by atoms with van der Waals surface area (Å²) in [5.41, 5.74) is 1.82. The molecule has 2 aromatic carbocycles. The van der Waals surface area contributed by atoms with E-state index in [1.165, 1.54) is 6.07 Å². The van der Waals surface area contributed by atoms with Crippen molar-refractivity contribution in [3.8, 4) is 5.75 Å². The second-order valence-corrected chi connectivity index (χ2v) is 6.75. The van der Waals surface area contributed by atoms with Gasteiger partial charge in [0.1, 0.15) is 11.6 Å². The summed E-state index contributed by atoms with van der Waals surface area (Å²) in [5, 5.41) is 8.72. The van der Waals surface area contributed by atoms with Crippen molar-refractivity contribution in [3.63, 3.8) is 0 Å². The van der Waals surface area contributed by atoms with Crippen LogP contribution in [-0.4, -0.2) is 41.6 Å². The average molecular weight is 371 g/mol. The average Bonchev–Trinajstić information content (AvgIpc) is 2.67. The van der Waals surface area contributed by atoms with Gasteiger partial charge in [-0.1, -0.05) is 30.3 Å². The highest BCUT2D eigenvalue weighted by atomic mass is 19.1. The SMILES string of the molecule is O=C(O)C(=O)Oc1ccccc1CCN1CCCC(c2cccc(F)c2)C1. The van der Waals surface area contributed by atoms with E-state index >= 15 is 0 Å². The van der Waals surface area contributed by atoms with E-state index in [-0.39, 0.29) is 11.6 Å². The van der Waals surface area contributed by atoms with Gasteiger partial charge in [0.2, 0.25) is 0 Å². The molecular weight excluding hydrogens is 349 g/mol. The van der Waals surface area contributed by atoms with E-state index in [0.717, 1.165) is 43.6 Å². The van der Waals surface area contributed by atoms with Gasteiger partial charge in [-0.3, -0.25) is 0 Å². The summed E-state index contributed by atoms with van der Waals surface area (Å²) in [6.45, 7) is 2.57. The smallest absolute Gasteiger partial charge is 0.422 e. The van der Waals surface area contributed by atoms with Crippen LogP contribution >= 0.6 is 0 Å². The third-order valence-corrected chi connectivity index (χ3v) is 4.87. The number of likely N-dealkylation sites (tertiary alicyclic amines) is 1. The number of carboxylic acids is 1. The molecule has 142 valence electrons. The van der Waals surface area contributed by atoms with E-state index in [1.807, 2.05) is 18.2 Å². The van der Waals surface area contributed by atoms with Gasteiger partial charge in [0, 0.05) is 13.1 Å². The number of para-hydroxylation sites is 1. The van der Waals surface area contributed by atoms with Gasteiger partial charge in [-0.25, -0.2) is 14.0 Å². The molecule has 5 nitrogen and oxygen atoms in total. The van der Waals surface area contributed by atoms with Gasteiger partial charge in [0.15, 0.2) is 0 Å². The Morgan fingerprint density at radius 1 is 1.19 bits per heavy atom. The van der Waals surface area contributed by atoms with E-state index in [2.05, 4.69) is 4.90 Å². The van der Waals surface area contributed by atoms with E-state index < -0.39 is 11.9 Å². The zero-order chi connectivity index (χ0) is 19.2. The Morgan fingerprint density at radius 3 is 2.78 bits per heavy atom. The summed E-state index contributed by atoms with van der Waals surface area (Å²) < 4.78 is 18.4. The molecule has 6 heteroatoms. The maximum absolute atomic E-state index is 13.5. The van der Waals surface area contributed by atoms with Crippen LogP contribution in [0.4, 0.5) is 4.39 Å². The number of carboxylic acid groups (broad SMARTS) is 1. The van der Waals surface area contributed by atoms with Crippen LogP contribution in [0.25, 0.3) is 0 Å². The Labute approximate surface area is 157 Å². The quantitative estimate of drug-likeness (QED) is 0.497. The topological polar surface area (TPSA) is 66.8 Å². The van der Waals surface area contributed by atoms with Gasteiger partial charge < -0.3 is 14.7 Å². The molecule has 1 N–H and O–H groups in total. The van der Waals surface area contributed by atoms with Crippen molar-refractivity contribution in [2.75, 3.05) is 19.6 Å². The highest BCUT2D eigenvalue weighted by Gasteiger charge is 2.22. The number of rotatable bonds is 5. The monoisotopic (exact) mass is 371 g/mol. The van der Waals surface area contributed by atoms with E-state index in [4.69, 9.17) is 9.84 Å². The first-order valence-corrected chi connectivity index (χ1v) is 9.04. The number of hydrogen-bond acceptors (Lipinski definition) is 4. The number of hydrogen-bond donors (Lipinski definition) is 1. The molecule has 0 radical (unpaired) electrons. The summed E-state index contributed by atoms with van der Waals surface area (Å²) in [7, 11) is 0. The van der Waals surface area contributed by atoms with E-state index in [9.17, 15) is 14.0 Å². The molecule has 0 aromatic heterocycles. The van der Waals surface area contributed by atoms with Crippen molar-refractivity contribution < 1.29 is 23.8 Å². The Bertz CT molecular complexity index is 823. The summed E-state index contributed by atoms with van der Waals surface area (Å²) in [4.78, 5) is 24.4. The third kappa shape index (κ3) is 5.14. The Hall–Kier alpha value is -2.73. The number of carbonyl (C=O) groups excluding carboxylic acids is 1. The van der Waals surface area contributed by atoms with Crippen molar-refractivity contribution in [3.05, 3.63) is 65.5 Å². The second kappa shape index (κ2) is 8.77. The first kappa shape index (κ1) is 19.0. The van der Waals surface area contributed by atoms with Gasteiger partial charge >= 0.3 is 11.9 Å². The van der Waals surface area contributed by atoms with Gasteiger partial charge in [0.05, 0.1) is 0 Å². The van der Waals surface area contributed by atoms with Crippen LogP contribution in [0, 0.1) is 5.82 Å². The number of carbonyl (C=O) groups is 2. The molecule has 1 atom stereocenters. The van der Waals surface area contributed by atoms with Crippen molar-refractivity contribution >= 4 is 11.9 Å². The number of halogens is 1. The summed E-state index contributed by atoms with van der Waals surface area (Å²) in [6.07, 6.45) is 2.71. The lowest BCUT2D eigenvalue weighted by molar-refractivity contribution is -0.158. The van der Waals surface area contributed by atoms with Gasteiger partial charge in [-0.05, 0) is 61.1 Å². The number of aliphatic carboxylic acids is 1. The first-order valence-electron chi connectivity index (χ1n) is 9.04. The molecule has 1 aliphatic heterocycles. The lowest BCUT2D eigenvalue weighted by Gasteiger charge is -2.33. The second-order valence-electron chi connectivity index (χ2n) is 6.75. The molecule has 27 heavy (non-hydrogen) atoms. The molecule has 0 aliphatic carbocycles. The Kier molecular flexibility index (Phi) is 6.19. The minimum absolute atomic E-state index is 0.209. The highest BCUT2D eigenvalue weighted by molar-refractivity contribution is 6.29. The summed E-state index contributed by atoms with van der Waals surface area (Å²) >= 11 is 0. The van der Waals surface area contributed by atoms with Crippen molar-refractivity contribution in [1.82, 2.24) is 4.90 Å². The first-order chi connectivity index (χ1) is 13.0. The number of esters is 1. The van der Waals surface area contributed by atoms with Gasteiger partial charge in [0.25, 0.3) is 0 Å². The predicted molar refractivity (Wildman–Crippen MR) is 98.2 cm³/mol. The fourth-order valence-corrected chi connectivity index (χ4v) is 3.52. The van der Waals surface area contributed by atoms with Crippen LogP contribution in [-0.2, 0) is 16.0 Å². The van der Waals surface area contributed by atoms with Crippen LogP contribution in [0.5, 0.6) is 5.75 Å². The predicted octanol–water partition coefficient (Wildman–Crippen LogP) is 3.24. The van der Waals surface area contributed by atoms with E-state index in [0.29, 0.717) is 12.3 Å². The molecule has 1 heterocycles. The molecule has 1 unspecified atom stereocenters. The zero-order valence-electron chi connectivity index (χ0n) is 14.9. The van der Waals surface area contributed by atoms with Crippen LogP contribution in [0.3, 0.4) is 0 Å². The highest BCUT2D eigenvalue weighted by Crippen LogP contribution is 2.28. The van der Waals surface area contributed by atoms with Crippen LogP contribution in [0.15, 0.2) is 48.5 Å². The van der Waals surface area contributed by atoms with Crippen LogP contribution in [0.1, 0.15) is 29.9 Å². The Balaban J connectivity index is 1.61. The molecule has 1 saturated heterocycles.